The van der Waals surface area contributed by atoms with E-state index in [0.29, 0.717) is 6.04 Å². The number of unbranched alkanes of at least 4 members (excludes halogenated alkanes) is 9. The van der Waals surface area contributed by atoms with Crippen LogP contribution in [0.3, 0.4) is 0 Å². The number of nitrogens with zero attached hydrogens (tertiary/aromatic N) is 17. The van der Waals surface area contributed by atoms with Crippen LogP contribution < -0.4 is 35.0 Å². The van der Waals surface area contributed by atoms with Gasteiger partial charge in [0.15, 0.2) is 0 Å². The van der Waals surface area contributed by atoms with E-state index in [1.165, 1.54) is 109 Å². The monoisotopic (exact) mass is 1800 g/mol. The Balaban J connectivity index is 0.00000124. The first-order chi connectivity index (χ1) is 48.5. The van der Waals surface area contributed by atoms with E-state index < -0.39 is 0 Å². The van der Waals surface area contributed by atoms with Crippen LogP contribution in [-0.2, 0) is 108 Å². The maximum absolute atomic E-state index is 4.61. The molecule has 1 saturated carbocycles. The molecule has 0 saturated heterocycles. The van der Waals surface area contributed by atoms with E-state index in [9.17, 15) is 0 Å². The van der Waals surface area contributed by atoms with Crippen LogP contribution in [0.25, 0.3) is 0 Å². The number of rotatable bonds is 30. The minimum atomic E-state index is 0. The number of hydrogen-bond donors (Lipinski definition) is 0. The molecule has 8 aromatic heterocycles. The van der Waals surface area contributed by atoms with Crippen LogP contribution in [-0.4, -0.2) is 97.6 Å². The van der Waals surface area contributed by atoms with Crippen LogP contribution in [0, 0.1) is 34.6 Å². The Hall–Kier alpha value is -5.40. The Kier molecular flexibility index (Phi) is 60.2. The minimum absolute atomic E-state index is 0. The van der Waals surface area contributed by atoms with Gasteiger partial charge in [0.2, 0.25) is 0 Å². The fraction of sp³-hybridized carbons (Fsp3) is 0.392. The van der Waals surface area contributed by atoms with Crippen LogP contribution >= 0.6 is 24.6 Å². The Bertz CT molecular complexity index is 3790. The summed E-state index contributed by atoms with van der Waals surface area (Å²) in [5.74, 6) is 6.77. The fourth-order valence-corrected chi connectivity index (χ4v) is 11.9. The van der Waals surface area contributed by atoms with Crippen molar-refractivity contribution in [2.45, 2.75) is 171 Å². The van der Waals surface area contributed by atoms with Gasteiger partial charge in [-0.05, 0) is 113 Å². The molecule has 8 heterocycles. The normalized spacial score (nSPS) is 12.3. The number of aliphatic imine (C=N–C) groups is 8. The molecule has 11 rings (SSSR count). The van der Waals surface area contributed by atoms with Gasteiger partial charge in [0, 0.05) is 99.0 Å². The van der Waals surface area contributed by atoms with E-state index in [1.807, 2.05) is 175 Å². The molecule has 1 radical (unpaired) electrons. The Morgan fingerprint density at radius 2 is 1.05 bits per heavy atom. The van der Waals surface area contributed by atoms with Crippen molar-refractivity contribution >= 4 is 84.7 Å². The standard InChI is InChI=1S/C20H28N4.C18H25N3P.C11H10N2P.C10H14N3.C10H8N3.C10H16N2P.Ag.5Cu/c1-15-9-11-19(23-15)17(3)21-13-7-5-6-8-14-22-18(4)20-12-10-16(2)24-20;1-15-7-9-17(21-15)13-19-11-5-3-4-6-12-20-14-18-10-8-16(2)22-18;1-9-8-14-11(13-9)7-12-10-5-3-2-4-6-10;1-2-4-9(5-3-1)13-8-10-11-6-7-12-10;1-2-4-9(5-3-1)11-8-10-6-7-12-13-10;1-2-3-4-5-6-11-7-10-8-13-9-12-10;;;;;;/h9-12H,5-8,13-14H2,1-4H3;7-10,13-14,22H,3-6,11-12H2,1-2H3;2-8H,1H3;6-9H,1-5H2;1-8H;7-9H,2-6H2,1H3;;;;;;/q-2;5*-1;5*+1;+2. The molecule has 1 unspecified atom stereocenters. The van der Waals surface area contributed by atoms with Gasteiger partial charge in [-0.1, -0.05) is 216 Å². The average molecular weight is 1810 g/mol. The van der Waals surface area contributed by atoms with E-state index in [0.717, 1.165) is 154 Å². The number of benzene rings is 2. The van der Waals surface area contributed by atoms with E-state index in [1.54, 1.807) is 31.0 Å². The third kappa shape index (κ3) is 47.2. The second-order valence-corrected chi connectivity index (χ2v) is 27.3. The van der Waals surface area contributed by atoms with E-state index in [-0.39, 0.29) is 108 Å². The molecule has 1 aliphatic carbocycles. The van der Waals surface area contributed by atoms with Gasteiger partial charge in [0.1, 0.15) is 0 Å². The zero-order chi connectivity index (χ0) is 70.0. The van der Waals surface area contributed by atoms with Crippen LogP contribution in [0.5, 0.6) is 0 Å². The number of aromatic nitrogens is 9. The zero-order valence-electron chi connectivity index (χ0n) is 61.3. The second kappa shape index (κ2) is 63.5. The maximum atomic E-state index is 4.61. The van der Waals surface area contributed by atoms with Gasteiger partial charge in [-0.3, -0.25) is 39.9 Å². The molecule has 1 aliphatic rings. The smallest absolute Gasteiger partial charge is 0.660 e. The maximum Gasteiger partial charge on any atom is 2.00 e. The van der Waals surface area contributed by atoms with Crippen molar-refractivity contribution in [1.29, 1.82) is 0 Å². The summed E-state index contributed by atoms with van der Waals surface area (Å²) in [6.45, 7) is 21.1. The predicted octanol–water partition coefficient (Wildman–Crippen LogP) is 18.6. The summed E-state index contributed by atoms with van der Waals surface area (Å²) >= 11 is 0. The van der Waals surface area contributed by atoms with Crippen molar-refractivity contribution in [2.24, 2.45) is 39.9 Å². The summed E-state index contributed by atoms with van der Waals surface area (Å²) in [4.78, 5) is 65.3. The van der Waals surface area contributed by atoms with E-state index >= 15 is 0 Å². The van der Waals surface area contributed by atoms with Crippen LogP contribution in [0.2, 0.25) is 0 Å². The first kappa shape index (κ1) is 99.6. The molecule has 17 nitrogen and oxygen atoms in total. The number of para-hydroxylation sites is 2. The van der Waals surface area contributed by atoms with Crippen LogP contribution in [0.15, 0.2) is 191 Å². The fourth-order valence-electron chi connectivity index (χ4n) is 9.69. The van der Waals surface area contributed by atoms with E-state index in [2.05, 4.69) is 123 Å². The van der Waals surface area contributed by atoms with Crippen LogP contribution in [0.1, 0.15) is 203 Å². The second-order valence-electron chi connectivity index (χ2n) is 23.9. The molecule has 10 aromatic rings. The predicted molar refractivity (Wildman–Crippen MR) is 423 cm³/mol. The molecule has 0 amide bonds. The van der Waals surface area contributed by atoms with Crippen molar-refractivity contribution in [2.75, 3.05) is 32.7 Å². The quantitative estimate of drug-likeness (QED) is 0.0237. The number of imidazole rings is 1. The molecule has 0 aliphatic heterocycles. The largest absolute Gasteiger partial charge is 2.00 e. The van der Waals surface area contributed by atoms with E-state index in [4.69, 9.17) is 0 Å². The molecule has 105 heavy (non-hydrogen) atoms. The first-order valence-electron chi connectivity index (χ1n) is 34.9. The Morgan fingerprint density at radius 1 is 0.505 bits per heavy atom. The van der Waals surface area contributed by atoms with Gasteiger partial charge in [0.25, 0.3) is 0 Å². The Labute approximate surface area is 698 Å². The number of hydrogen-bond acceptors (Lipinski definition) is 10. The van der Waals surface area contributed by atoms with Gasteiger partial charge in [-0.2, -0.15) is 22.8 Å². The molecular weight excluding hydrogens is 1710 g/mol. The summed E-state index contributed by atoms with van der Waals surface area (Å²) in [7, 11) is 3.15. The summed E-state index contributed by atoms with van der Waals surface area (Å²) in [6, 6.07) is 38.5. The van der Waals surface area contributed by atoms with Gasteiger partial charge < -0.3 is 45.1 Å². The van der Waals surface area contributed by atoms with Crippen LogP contribution in [0.4, 0.5) is 11.4 Å². The van der Waals surface area contributed by atoms with Gasteiger partial charge >= 0.3 is 108 Å². The molecule has 0 spiro atoms. The average Bonchev–Trinajstić information content (AvgIpc) is 1.82. The summed E-state index contributed by atoms with van der Waals surface area (Å²) in [6.07, 6.45) is 37.2. The van der Waals surface area contributed by atoms with Gasteiger partial charge in [-0.25, -0.2) is 0 Å². The van der Waals surface area contributed by atoms with Crippen molar-refractivity contribution in [3.8, 4) is 0 Å². The number of aryl methyl sites for hydroxylation is 5. The van der Waals surface area contributed by atoms with Crippen molar-refractivity contribution in [1.82, 2.24) is 45.1 Å². The van der Waals surface area contributed by atoms with Gasteiger partial charge in [0.05, 0.1) is 11.4 Å². The van der Waals surface area contributed by atoms with Crippen molar-refractivity contribution < 1.29 is 108 Å². The third-order valence-electron chi connectivity index (χ3n) is 15.1. The molecule has 1 fully saturated rings. The topological polar surface area (TPSA) is 223 Å². The molecule has 26 heteroatoms. The summed E-state index contributed by atoms with van der Waals surface area (Å²) < 4.78 is 0. The van der Waals surface area contributed by atoms with Crippen molar-refractivity contribution in [3.63, 3.8) is 0 Å². The molecular formula is C79H101AgCu5N17P3. The van der Waals surface area contributed by atoms with Gasteiger partial charge in [-0.15, -0.1) is 50.8 Å². The minimum Gasteiger partial charge on any atom is -0.660 e. The summed E-state index contributed by atoms with van der Waals surface area (Å²) in [5, 5.41) is 10.3. The zero-order valence-corrected chi connectivity index (χ0v) is 70.3. The summed E-state index contributed by atoms with van der Waals surface area (Å²) in [5.41, 5.74) is 14.0. The molecule has 0 bridgehead atoms. The molecule has 583 valence electrons. The molecule has 2 aromatic carbocycles. The molecule has 1 atom stereocenters. The third-order valence-corrected chi connectivity index (χ3v) is 17.9. The SMILES string of the molecule is C(=NC1CCCCC1)c1ncc[n-]1.C(=Nc1ccccc1)c1ccn[n-]1.CC(=NCCCCCCN=C(C)c1ccc(C)[n-]1)c1ccc(C)[n-]1.CCCCCCN=Cc1cpc[n-]1.Cc1ccc(C=NCCCCCCN=Cc2ccc(C)[pH]2)[n-]1.Cc1cpc(C=Nc2ccccc2)[n-]1.[Ag+].[Cu+2].[Cu+].[Cu+].[Cu+].[Cu+]. The Morgan fingerprint density at radius 3 is 1.51 bits per heavy atom. The first-order valence-corrected chi connectivity index (χ1v) is 37.9. The van der Waals surface area contributed by atoms with Crippen molar-refractivity contribution in [3.05, 3.63) is 224 Å². The molecule has 0 N–H and O–H groups in total.